The van der Waals surface area contributed by atoms with Crippen molar-refractivity contribution in [3.63, 3.8) is 0 Å². The third-order valence-corrected chi connectivity index (χ3v) is 4.41. The van der Waals surface area contributed by atoms with Crippen LogP contribution >= 0.6 is 0 Å². The predicted octanol–water partition coefficient (Wildman–Crippen LogP) is 2.52. The van der Waals surface area contributed by atoms with Crippen LogP contribution < -0.4 is 5.32 Å². The second-order valence-corrected chi connectivity index (χ2v) is 5.50. The largest absolute Gasteiger partial charge is 0.375 e. The van der Waals surface area contributed by atoms with Crippen molar-refractivity contribution in [3.8, 4) is 0 Å². The number of hydrogen-bond acceptors (Lipinski definition) is 2. The van der Waals surface area contributed by atoms with Crippen LogP contribution in [0.3, 0.4) is 0 Å². The summed E-state index contributed by atoms with van der Waals surface area (Å²) in [6, 6.07) is 7.28. The molecule has 3 heteroatoms. The second-order valence-electron chi connectivity index (χ2n) is 5.50. The molecule has 0 aliphatic carbocycles. The number of benzene rings is 1. The maximum atomic E-state index is 12.9. The zero-order valence-corrected chi connectivity index (χ0v) is 10.7. The first kappa shape index (κ1) is 12.1. The molecule has 3 rings (SSSR count). The van der Waals surface area contributed by atoms with E-state index in [1.165, 1.54) is 24.8 Å². The molecule has 2 aliphatic heterocycles. The summed E-state index contributed by atoms with van der Waals surface area (Å²) in [6.07, 6.45) is 5.49. The number of rotatable bonds is 4. The van der Waals surface area contributed by atoms with Gasteiger partial charge in [0, 0.05) is 12.0 Å². The topological polar surface area (TPSA) is 21.3 Å². The molecular weight excluding hydrogens is 229 g/mol. The zero-order chi connectivity index (χ0) is 12.5. The Morgan fingerprint density at radius 3 is 2.67 bits per heavy atom. The van der Waals surface area contributed by atoms with E-state index in [1.54, 1.807) is 12.1 Å². The van der Waals surface area contributed by atoms with E-state index in [4.69, 9.17) is 4.74 Å². The molecule has 4 unspecified atom stereocenters. The Morgan fingerprint density at radius 1 is 1.33 bits per heavy atom. The maximum absolute atomic E-state index is 12.9. The van der Waals surface area contributed by atoms with E-state index in [0.29, 0.717) is 24.2 Å². The minimum Gasteiger partial charge on any atom is -0.375 e. The van der Waals surface area contributed by atoms with E-state index in [-0.39, 0.29) is 5.82 Å². The summed E-state index contributed by atoms with van der Waals surface area (Å²) in [7, 11) is 2.01. The molecule has 1 N–H and O–H groups in total. The molecule has 1 aromatic carbocycles. The maximum Gasteiger partial charge on any atom is 0.123 e. The third-order valence-electron chi connectivity index (χ3n) is 4.41. The highest BCUT2D eigenvalue weighted by molar-refractivity contribution is 5.18. The van der Waals surface area contributed by atoms with Crippen LogP contribution in [0.4, 0.5) is 4.39 Å². The van der Waals surface area contributed by atoms with Crippen LogP contribution in [0, 0.1) is 11.7 Å². The molecular formula is C15H20FNO. The fraction of sp³-hybridized carbons (Fsp3) is 0.600. The van der Waals surface area contributed by atoms with Crippen molar-refractivity contribution >= 4 is 0 Å². The van der Waals surface area contributed by atoms with Crippen LogP contribution in [0.5, 0.6) is 0 Å². The molecule has 0 saturated carbocycles. The Balaban J connectivity index is 1.67. The lowest BCUT2D eigenvalue weighted by Gasteiger charge is -2.28. The molecule has 0 amide bonds. The minimum absolute atomic E-state index is 0.164. The standard InChI is InChI=1S/C15H20FNO/c1-17-14(8-10-2-4-11(16)5-3-10)13-9-12-6-7-15(13)18-12/h2-5,12-15,17H,6-9H2,1H3. The van der Waals surface area contributed by atoms with Crippen LogP contribution in [0.1, 0.15) is 24.8 Å². The lowest BCUT2D eigenvalue weighted by atomic mass is 9.81. The van der Waals surface area contributed by atoms with Gasteiger partial charge < -0.3 is 10.1 Å². The van der Waals surface area contributed by atoms with Gasteiger partial charge in [-0.3, -0.25) is 0 Å². The third kappa shape index (κ3) is 2.29. The van der Waals surface area contributed by atoms with E-state index in [9.17, 15) is 4.39 Å². The lowest BCUT2D eigenvalue weighted by Crippen LogP contribution is -2.40. The van der Waals surface area contributed by atoms with Crippen molar-refractivity contribution in [1.29, 1.82) is 0 Å². The van der Waals surface area contributed by atoms with Crippen LogP contribution in [0.2, 0.25) is 0 Å². The molecule has 2 heterocycles. The van der Waals surface area contributed by atoms with Crippen LogP contribution in [0.15, 0.2) is 24.3 Å². The Kier molecular flexibility index (Phi) is 3.35. The smallest absolute Gasteiger partial charge is 0.123 e. The van der Waals surface area contributed by atoms with Gasteiger partial charge in [-0.15, -0.1) is 0 Å². The predicted molar refractivity (Wildman–Crippen MR) is 69.0 cm³/mol. The first-order chi connectivity index (χ1) is 8.76. The summed E-state index contributed by atoms with van der Waals surface area (Å²) >= 11 is 0. The number of nitrogens with one attached hydrogen (secondary N) is 1. The molecule has 18 heavy (non-hydrogen) atoms. The van der Waals surface area contributed by atoms with Gasteiger partial charge in [0.2, 0.25) is 0 Å². The molecule has 0 spiro atoms. The second kappa shape index (κ2) is 4.98. The molecule has 2 bridgehead atoms. The highest BCUT2D eigenvalue weighted by atomic mass is 19.1. The quantitative estimate of drug-likeness (QED) is 0.885. The monoisotopic (exact) mass is 249 g/mol. The van der Waals surface area contributed by atoms with Gasteiger partial charge in [-0.25, -0.2) is 4.39 Å². The van der Waals surface area contributed by atoms with Gasteiger partial charge in [-0.2, -0.15) is 0 Å². The Bertz CT molecular complexity index is 405. The molecule has 1 aromatic rings. The molecule has 2 saturated heterocycles. The number of ether oxygens (including phenoxy) is 1. The van der Waals surface area contributed by atoms with Crippen molar-refractivity contribution < 1.29 is 9.13 Å². The Hall–Kier alpha value is -0.930. The normalized spacial score (nSPS) is 31.8. The average Bonchev–Trinajstić information content (AvgIpc) is 3.00. The first-order valence-electron chi connectivity index (χ1n) is 6.83. The molecule has 2 fully saturated rings. The van der Waals surface area contributed by atoms with E-state index in [1.807, 2.05) is 19.2 Å². The van der Waals surface area contributed by atoms with E-state index in [0.717, 1.165) is 6.42 Å². The van der Waals surface area contributed by atoms with Crippen molar-refractivity contribution in [2.24, 2.45) is 5.92 Å². The average molecular weight is 249 g/mol. The van der Waals surface area contributed by atoms with Gasteiger partial charge in [0.05, 0.1) is 12.2 Å². The summed E-state index contributed by atoms with van der Waals surface area (Å²) in [6.45, 7) is 0. The summed E-state index contributed by atoms with van der Waals surface area (Å²) in [5.74, 6) is 0.446. The van der Waals surface area contributed by atoms with Gasteiger partial charge >= 0.3 is 0 Å². The van der Waals surface area contributed by atoms with Crippen molar-refractivity contribution in [2.75, 3.05) is 7.05 Å². The fourth-order valence-corrected chi connectivity index (χ4v) is 3.44. The van der Waals surface area contributed by atoms with Crippen LogP contribution in [-0.4, -0.2) is 25.3 Å². The van der Waals surface area contributed by atoms with E-state index >= 15 is 0 Å². The van der Waals surface area contributed by atoms with E-state index < -0.39 is 0 Å². The summed E-state index contributed by atoms with van der Waals surface area (Å²) in [5, 5.41) is 3.42. The van der Waals surface area contributed by atoms with Gasteiger partial charge in [0.1, 0.15) is 5.82 Å². The van der Waals surface area contributed by atoms with E-state index in [2.05, 4.69) is 5.32 Å². The van der Waals surface area contributed by atoms with Crippen LogP contribution in [0.25, 0.3) is 0 Å². The molecule has 98 valence electrons. The molecule has 4 atom stereocenters. The lowest BCUT2D eigenvalue weighted by molar-refractivity contribution is 0.0863. The van der Waals surface area contributed by atoms with Gasteiger partial charge in [0.15, 0.2) is 0 Å². The summed E-state index contributed by atoms with van der Waals surface area (Å²) in [4.78, 5) is 0. The fourth-order valence-electron chi connectivity index (χ4n) is 3.44. The molecule has 0 aromatic heterocycles. The number of likely N-dealkylation sites (N-methyl/N-ethyl adjacent to an activating group) is 1. The van der Waals surface area contributed by atoms with Crippen molar-refractivity contribution in [3.05, 3.63) is 35.6 Å². The number of hydrogen-bond donors (Lipinski definition) is 1. The Labute approximate surface area is 108 Å². The highest BCUT2D eigenvalue weighted by Crippen LogP contribution is 2.40. The molecule has 0 radical (unpaired) electrons. The summed E-state index contributed by atoms with van der Waals surface area (Å²) < 4.78 is 18.8. The molecule has 2 aliphatic rings. The zero-order valence-electron chi connectivity index (χ0n) is 10.7. The first-order valence-corrected chi connectivity index (χ1v) is 6.83. The number of fused-ring (bicyclic) bond motifs is 2. The van der Waals surface area contributed by atoms with Gasteiger partial charge in [-0.1, -0.05) is 12.1 Å². The summed E-state index contributed by atoms with van der Waals surface area (Å²) in [5.41, 5.74) is 1.19. The number of halogens is 1. The highest BCUT2D eigenvalue weighted by Gasteiger charge is 2.43. The van der Waals surface area contributed by atoms with Crippen molar-refractivity contribution in [1.82, 2.24) is 5.32 Å². The van der Waals surface area contributed by atoms with Crippen LogP contribution in [-0.2, 0) is 11.2 Å². The SMILES string of the molecule is CNC(Cc1ccc(F)cc1)C1CC2CCC1O2. The Morgan fingerprint density at radius 2 is 2.11 bits per heavy atom. The molecule has 2 nitrogen and oxygen atoms in total. The van der Waals surface area contributed by atoms with Gasteiger partial charge in [0.25, 0.3) is 0 Å². The van der Waals surface area contributed by atoms with Crippen molar-refractivity contribution in [2.45, 2.75) is 43.9 Å². The van der Waals surface area contributed by atoms with Gasteiger partial charge in [-0.05, 0) is 50.4 Å². The minimum atomic E-state index is -0.164.